The number of nitrogens with zero attached hydrogens (tertiary/aromatic N) is 3. The van der Waals surface area contributed by atoms with Gasteiger partial charge < -0.3 is 10.2 Å². The normalized spacial score (nSPS) is 16.8. The van der Waals surface area contributed by atoms with Gasteiger partial charge in [0.1, 0.15) is 5.82 Å². The first-order valence-corrected chi connectivity index (χ1v) is 8.42. The van der Waals surface area contributed by atoms with E-state index in [1.165, 1.54) is 12.8 Å². The highest BCUT2D eigenvalue weighted by Gasteiger charge is 2.23. The van der Waals surface area contributed by atoms with E-state index in [1.54, 1.807) is 0 Å². The highest BCUT2D eigenvalue weighted by atomic mass is 79.9. The first-order chi connectivity index (χ1) is 9.61. The van der Waals surface area contributed by atoms with E-state index in [0.29, 0.717) is 0 Å². The van der Waals surface area contributed by atoms with Gasteiger partial charge in [0.2, 0.25) is 5.95 Å². The fraction of sp³-hybridized carbons (Fsp3) is 0.733. The molecule has 1 fully saturated rings. The molecule has 0 saturated carbocycles. The van der Waals surface area contributed by atoms with Gasteiger partial charge in [0.15, 0.2) is 0 Å². The van der Waals surface area contributed by atoms with E-state index in [2.05, 4.69) is 56.9 Å². The lowest BCUT2D eigenvalue weighted by atomic mass is 9.87. The van der Waals surface area contributed by atoms with Crippen molar-refractivity contribution >= 4 is 27.7 Å². The van der Waals surface area contributed by atoms with E-state index in [9.17, 15) is 0 Å². The Kier molecular flexibility index (Phi) is 5.64. The molecular formula is C15H25BrN4. The fourth-order valence-corrected chi connectivity index (χ4v) is 3.12. The number of hydrogen-bond acceptors (Lipinski definition) is 4. The molecule has 2 rings (SSSR count). The van der Waals surface area contributed by atoms with Crippen LogP contribution in [0.25, 0.3) is 0 Å². The Labute approximate surface area is 130 Å². The van der Waals surface area contributed by atoms with Gasteiger partial charge in [0.05, 0.1) is 4.47 Å². The average molecular weight is 341 g/mol. The number of nitrogens with one attached hydrogen (secondary N) is 1. The molecule has 0 radical (unpaired) electrons. The predicted octanol–water partition coefficient (Wildman–Crippen LogP) is 3.93. The van der Waals surface area contributed by atoms with Crippen LogP contribution in [-0.4, -0.2) is 29.6 Å². The molecule has 20 heavy (non-hydrogen) atoms. The van der Waals surface area contributed by atoms with Crippen LogP contribution in [0.3, 0.4) is 0 Å². The van der Waals surface area contributed by atoms with Gasteiger partial charge >= 0.3 is 0 Å². The van der Waals surface area contributed by atoms with Crippen molar-refractivity contribution in [2.45, 2.75) is 40.0 Å². The number of piperidine rings is 1. The Bertz CT molecular complexity index is 428. The van der Waals surface area contributed by atoms with Crippen LogP contribution in [0.4, 0.5) is 11.8 Å². The zero-order valence-electron chi connectivity index (χ0n) is 12.7. The molecule has 112 valence electrons. The number of anilines is 2. The van der Waals surface area contributed by atoms with E-state index in [0.717, 1.165) is 54.1 Å². The van der Waals surface area contributed by atoms with E-state index < -0.39 is 0 Å². The van der Waals surface area contributed by atoms with Gasteiger partial charge in [0.25, 0.3) is 0 Å². The minimum Gasteiger partial charge on any atom is -0.355 e. The van der Waals surface area contributed by atoms with E-state index in [4.69, 9.17) is 0 Å². The molecule has 1 N–H and O–H groups in total. The van der Waals surface area contributed by atoms with E-state index in [-0.39, 0.29) is 0 Å². The van der Waals surface area contributed by atoms with Gasteiger partial charge in [0, 0.05) is 25.8 Å². The van der Waals surface area contributed by atoms with Crippen LogP contribution in [-0.2, 0) is 0 Å². The van der Waals surface area contributed by atoms with Crippen LogP contribution < -0.4 is 10.2 Å². The minimum atomic E-state index is 0.732. The van der Waals surface area contributed by atoms with Crippen molar-refractivity contribution in [1.29, 1.82) is 0 Å². The highest BCUT2D eigenvalue weighted by molar-refractivity contribution is 9.10. The van der Waals surface area contributed by atoms with Crippen LogP contribution >= 0.6 is 15.9 Å². The Morgan fingerprint density at radius 2 is 2.10 bits per heavy atom. The molecule has 1 aromatic rings. The summed E-state index contributed by atoms with van der Waals surface area (Å²) in [5, 5.41) is 3.26. The summed E-state index contributed by atoms with van der Waals surface area (Å²) in [4.78, 5) is 11.4. The van der Waals surface area contributed by atoms with Gasteiger partial charge in [-0.15, -0.1) is 0 Å². The Morgan fingerprint density at radius 1 is 1.40 bits per heavy atom. The maximum absolute atomic E-state index is 4.66. The molecule has 1 aliphatic heterocycles. The SMILES string of the molecule is CCCNc1ncc(Br)c(N2CCC(C(C)C)CC2)n1. The van der Waals surface area contributed by atoms with Crippen LogP contribution in [0.15, 0.2) is 10.7 Å². The standard InChI is InChI=1S/C15H25BrN4/c1-4-7-17-15-18-10-13(16)14(19-15)20-8-5-12(6-9-20)11(2)3/h10-12H,4-9H2,1-3H3,(H,17,18,19). The molecule has 0 spiro atoms. The number of halogens is 1. The van der Waals surface area contributed by atoms with Crippen molar-refractivity contribution < 1.29 is 0 Å². The van der Waals surface area contributed by atoms with Gasteiger partial charge in [-0.05, 0) is 47.0 Å². The van der Waals surface area contributed by atoms with Crippen molar-refractivity contribution in [3.8, 4) is 0 Å². The van der Waals surface area contributed by atoms with Crippen molar-refractivity contribution in [3.63, 3.8) is 0 Å². The minimum absolute atomic E-state index is 0.732. The van der Waals surface area contributed by atoms with Crippen LogP contribution in [0.1, 0.15) is 40.0 Å². The lowest BCUT2D eigenvalue weighted by Gasteiger charge is -2.35. The summed E-state index contributed by atoms with van der Waals surface area (Å²) in [5.74, 6) is 3.40. The maximum Gasteiger partial charge on any atom is 0.224 e. The zero-order valence-corrected chi connectivity index (χ0v) is 14.3. The number of hydrogen-bond donors (Lipinski definition) is 1. The molecule has 0 aliphatic carbocycles. The van der Waals surface area contributed by atoms with Crippen molar-refractivity contribution in [2.24, 2.45) is 11.8 Å². The summed E-state index contributed by atoms with van der Waals surface area (Å²) in [5.41, 5.74) is 0. The molecule has 0 amide bonds. The summed E-state index contributed by atoms with van der Waals surface area (Å²) >= 11 is 3.58. The Hall–Kier alpha value is -0.840. The Morgan fingerprint density at radius 3 is 2.70 bits per heavy atom. The second kappa shape index (κ2) is 7.25. The molecule has 1 saturated heterocycles. The average Bonchev–Trinajstić information content (AvgIpc) is 2.46. The molecule has 0 aromatic carbocycles. The third-order valence-corrected chi connectivity index (χ3v) is 4.60. The molecular weight excluding hydrogens is 316 g/mol. The predicted molar refractivity (Wildman–Crippen MR) is 88.3 cm³/mol. The molecule has 0 unspecified atom stereocenters. The zero-order chi connectivity index (χ0) is 14.5. The van der Waals surface area contributed by atoms with Crippen molar-refractivity contribution in [1.82, 2.24) is 9.97 Å². The Balaban J connectivity index is 2.05. The molecule has 4 nitrogen and oxygen atoms in total. The van der Waals surface area contributed by atoms with Crippen molar-refractivity contribution in [3.05, 3.63) is 10.7 Å². The second-order valence-electron chi connectivity index (χ2n) is 5.86. The monoisotopic (exact) mass is 340 g/mol. The molecule has 0 atom stereocenters. The number of rotatable bonds is 5. The van der Waals surface area contributed by atoms with Gasteiger partial charge in [-0.3, -0.25) is 0 Å². The quantitative estimate of drug-likeness (QED) is 0.881. The molecule has 1 aliphatic rings. The third-order valence-electron chi connectivity index (χ3n) is 4.04. The van der Waals surface area contributed by atoms with Crippen LogP contribution in [0.5, 0.6) is 0 Å². The van der Waals surface area contributed by atoms with Gasteiger partial charge in [-0.25, -0.2) is 4.98 Å². The summed E-state index contributed by atoms with van der Waals surface area (Å²) in [6.07, 6.45) is 5.45. The van der Waals surface area contributed by atoms with E-state index in [1.807, 2.05) is 6.20 Å². The first kappa shape index (κ1) is 15.5. The molecule has 0 bridgehead atoms. The highest BCUT2D eigenvalue weighted by Crippen LogP contribution is 2.30. The van der Waals surface area contributed by atoms with E-state index >= 15 is 0 Å². The summed E-state index contributed by atoms with van der Waals surface area (Å²) in [6.45, 7) is 9.89. The lowest BCUT2D eigenvalue weighted by Crippen LogP contribution is -2.36. The van der Waals surface area contributed by atoms with Gasteiger partial charge in [-0.2, -0.15) is 4.98 Å². The molecule has 5 heteroatoms. The van der Waals surface area contributed by atoms with Crippen molar-refractivity contribution in [2.75, 3.05) is 29.9 Å². The molecule has 1 aromatic heterocycles. The second-order valence-corrected chi connectivity index (χ2v) is 6.71. The summed E-state index contributed by atoms with van der Waals surface area (Å²) in [6, 6.07) is 0. The smallest absolute Gasteiger partial charge is 0.224 e. The fourth-order valence-electron chi connectivity index (χ4n) is 2.68. The lowest BCUT2D eigenvalue weighted by molar-refractivity contribution is 0.310. The third kappa shape index (κ3) is 3.84. The maximum atomic E-state index is 4.66. The summed E-state index contributed by atoms with van der Waals surface area (Å²) in [7, 11) is 0. The largest absolute Gasteiger partial charge is 0.355 e. The molecule has 2 heterocycles. The van der Waals surface area contributed by atoms with Crippen LogP contribution in [0.2, 0.25) is 0 Å². The topological polar surface area (TPSA) is 41.1 Å². The summed E-state index contributed by atoms with van der Waals surface area (Å²) < 4.78 is 0.988. The van der Waals surface area contributed by atoms with Crippen LogP contribution in [0, 0.1) is 11.8 Å². The van der Waals surface area contributed by atoms with Gasteiger partial charge in [-0.1, -0.05) is 20.8 Å². The number of aromatic nitrogens is 2. The first-order valence-electron chi connectivity index (χ1n) is 7.63.